The number of nitrogens with zero attached hydrogens (tertiary/aromatic N) is 4. The van der Waals surface area contributed by atoms with Gasteiger partial charge in [-0.15, -0.1) is 0 Å². The summed E-state index contributed by atoms with van der Waals surface area (Å²) in [5.74, 6) is 0. The number of benzene rings is 4. The van der Waals surface area contributed by atoms with Gasteiger partial charge >= 0.3 is 17.5 Å². The minimum atomic E-state index is -2.08. The van der Waals surface area contributed by atoms with Crippen LogP contribution >= 0.6 is 0 Å². The molecule has 8 heterocycles. The first-order chi connectivity index (χ1) is 50.1. The van der Waals surface area contributed by atoms with Gasteiger partial charge in [-0.1, -0.05) is 176 Å². The molecule has 12 rings (SSSR count). The summed E-state index contributed by atoms with van der Waals surface area (Å²) in [5.41, 5.74) is -2.41. The van der Waals surface area contributed by atoms with Crippen molar-refractivity contribution in [1.29, 1.82) is 0 Å². The SMILES string of the molecule is Cc1cn([C@H]2C[C@H](OC(=O)O[C@H]3C[C@H](n4cc(C)c(=O)[nH]c4=O)O[C@]3(CCN(CC3CCCCN3)CC3CCCCN3)CO[Si](c3ccccc3)c3ccc(C(C)(C)C)cc3)[C@@](CCN(CC3CCCCN3)CC3CCCCN3)(CO[Si](c3ccccc3)c3ccc(C(C)(C)C)cc3)O2)c(=O)[nH]c1=O. The number of aromatic amines is 2. The van der Waals surface area contributed by atoms with E-state index in [2.05, 4.69) is 155 Å². The first-order valence-electron chi connectivity index (χ1n) is 38.6. The average molecular weight is 1460 g/mol. The highest BCUT2D eigenvalue weighted by Crippen LogP contribution is 2.45. The molecule has 21 nitrogen and oxygen atoms in total. The van der Waals surface area contributed by atoms with E-state index in [0.717, 1.165) is 150 Å². The van der Waals surface area contributed by atoms with Crippen molar-refractivity contribution in [2.75, 3.05) is 78.7 Å². The number of hydrogen-bond acceptors (Lipinski definition) is 17. The number of carbonyl (C=O) groups excluding carboxylic acids is 1. The molecule has 0 spiro atoms. The summed E-state index contributed by atoms with van der Waals surface area (Å²) >= 11 is 0. The summed E-state index contributed by atoms with van der Waals surface area (Å²) in [7, 11) is -4.16. The third-order valence-corrected chi connectivity index (χ3v) is 26.7. The Bertz CT molecular complexity index is 3680. The maximum atomic E-state index is 16.2. The lowest BCUT2D eigenvalue weighted by atomic mass is 9.87. The Labute approximate surface area is 617 Å². The van der Waals surface area contributed by atoms with Gasteiger partial charge in [0.05, 0.1) is 13.2 Å². The van der Waals surface area contributed by atoms with Gasteiger partial charge in [-0.2, -0.15) is 0 Å². The van der Waals surface area contributed by atoms with Crippen LogP contribution in [-0.4, -0.2) is 179 Å². The van der Waals surface area contributed by atoms with Gasteiger partial charge in [0.1, 0.15) is 35.9 Å². The number of carbonyl (C=O) groups is 1. The van der Waals surface area contributed by atoms with Gasteiger partial charge < -0.3 is 58.9 Å². The zero-order chi connectivity index (χ0) is 73.0. The van der Waals surface area contributed by atoms with Crippen LogP contribution in [0.4, 0.5) is 4.79 Å². The lowest BCUT2D eigenvalue weighted by Crippen LogP contribution is -2.56. The third kappa shape index (κ3) is 19.8. The summed E-state index contributed by atoms with van der Waals surface area (Å²) in [4.78, 5) is 81.3. The number of rotatable bonds is 28. The van der Waals surface area contributed by atoms with Crippen molar-refractivity contribution in [1.82, 2.24) is 50.2 Å². The molecule has 6 aromatic rings. The molecule has 4 unspecified atom stereocenters. The first-order valence-corrected chi connectivity index (χ1v) is 41.5. The molecule has 4 aromatic carbocycles. The molecule has 0 bridgehead atoms. The number of ether oxygens (including phenoxy) is 4. The molecule has 2 radical (unpaired) electrons. The number of aromatic nitrogens is 4. The largest absolute Gasteiger partial charge is 0.509 e. The fourth-order valence-electron chi connectivity index (χ4n) is 16.2. The van der Waals surface area contributed by atoms with Gasteiger partial charge in [0, 0.05) is 99.8 Å². The molecular weight excluding hydrogens is 1350 g/mol. The molecule has 0 saturated carbocycles. The van der Waals surface area contributed by atoms with Crippen LogP contribution in [0.1, 0.15) is 179 Å². The number of aryl methyl sites for hydroxylation is 2. The van der Waals surface area contributed by atoms with Gasteiger partial charge in [-0.25, -0.2) is 14.4 Å². The van der Waals surface area contributed by atoms with Gasteiger partial charge in [0.2, 0.25) is 0 Å². The molecule has 10 atom stereocenters. The Hall–Kier alpha value is -6.46. The zero-order valence-corrected chi connectivity index (χ0v) is 64.7. The van der Waals surface area contributed by atoms with E-state index in [1.807, 2.05) is 36.4 Å². The predicted molar refractivity (Wildman–Crippen MR) is 412 cm³/mol. The van der Waals surface area contributed by atoms with E-state index in [0.29, 0.717) is 37.1 Å². The molecule has 6 fully saturated rings. The molecule has 104 heavy (non-hydrogen) atoms. The van der Waals surface area contributed by atoms with Crippen LogP contribution in [-0.2, 0) is 38.6 Å². The first kappa shape index (κ1) is 77.2. The summed E-state index contributed by atoms with van der Waals surface area (Å²) in [6.07, 6.45) is 11.6. The third-order valence-electron chi connectivity index (χ3n) is 22.4. The lowest BCUT2D eigenvalue weighted by molar-refractivity contribution is -0.152. The Balaban J connectivity index is 0.959. The second-order valence-electron chi connectivity index (χ2n) is 32.4. The van der Waals surface area contributed by atoms with Gasteiger partial charge in [-0.3, -0.25) is 28.7 Å². The number of nitrogens with one attached hydrogen (secondary N) is 6. The van der Waals surface area contributed by atoms with Crippen molar-refractivity contribution in [3.63, 3.8) is 0 Å². The monoisotopic (exact) mass is 1460 g/mol. The molecule has 6 aliphatic rings. The molecular formula is C81H114N10O11Si2. The van der Waals surface area contributed by atoms with Crippen LogP contribution in [0.15, 0.2) is 141 Å². The standard InChI is InChI=1S/C81H114N10O11Si2/c1-57-49-90(75(94)86-73(57)92)71-47-69(80(101-71,39-45-88(51-61-23-15-19-41-82-61)52-62-24-16-20-42-83-62)55-97-103(65-27-11-9-12-28-65)67-35-31-59(32-36-67)78(3,4)5)99-77(96)100-70-48-72(91-50-58(2)74(93)87-76(91)95)102-81(70,40-46-89(53-63-25-17-21-43-84-63)54-64-26-18-22-44-85-64)56-98-104(66-29-13-10-14-30-66)68-37-33-60(34-38-68)79(6,7)8/h9-14,27-38,49-50,61-64,69-72,82-85H,15-26,39-48,51-56H2,1-8H3,(H,86,92,94)(H,87,93,95)/t61?,62?,63?,64?,69-,70-,71+,72+,80+,81+/m0/s1. The molecule has 0 amide bonds. The van der Waals surface area contributed by atoms with Gasteiger partial charge in [0.25, 0.3) is 29.2 Å². The summed E-state index contributed by atoms with van der Waals surface area (Å²) in [6.45, 7) is 24.4. The fraction of sp³-hybridized carbons (Fsp3) is 0.593. The molecule has 2 aromatic heterocycles. The topological polar surface area (TPSA) is 237 Å². The van der Waals surface area contributed by atoms with Crippen molar-refractivity contribution in [3.8, 4) is 0 Å². The molecule has 6 aliphatic heterocycles. The van der Waals surface area contributed by atoms with Crippen LogP contribution in [0.5, 0.6) is 0 Å². The maximum absolute atomic E-state index is 16.2. The Kier molecular flexibility index (Phi) is 26.0. The van der Waals surface area contributed by atoms with Crippen molar-refractivity contribution in [2.45, 2.75) is 229 Å². The molecule has 0 aliphatic carbocycles. The zero-order valence-electron chi connectivity index (χ0n) is 62.7. The van der Waals surface area contributed by atoms with Crippen LogP contribution in [0.2, 0.25) is 0 Å². The summed E-state index contributed by atoms with van der Waals surface area (Å²) < 4.78 is 47.1. The quantitative estimate of drug-likeness (QED) is 0.0212. The van der Waals surface area contributed by atoms with Crippen molar-refractivity contribution >= 4 is 45.0 Å². The number of piperidine rings is 4. The molecule has 562 valence electrons. The highest BCUT2D eigenvalue weighted by molar-refractivity contribution is 6.80. The summed E-state index contributed by atoms with van der Waals surface area (Å²) in [6, 6.07) is 38.9. The molecule has 6 N–H and O–H groups in total. The normalized spacial score (nSPS) is 25.7. The van der Waals surface area contributed by atoms with E-state index in [1.165, 1.54) is 32.7 Å². The molecule has 6 saturated heterocycles. The second-order valence-corrected chi connectivity index (χ2v) is 36.6. The Morgan fingerprint density at radius 2 is 0.808 bits per heavy atom. The lowest BCUT2D eigenvalue weighted by Gasteiger charge is -2.40. The average Bonchev–Trinajstić information content (AvgIpc) is 1.61. The van der Waals surface area contributed by atoms with Crippen LogP contribution in [0.3, 0.4) is 0 Å². The van der Waals surface area contributed by atoms with E-state index < -0.39 is 82.6 Å². The van der Waals surface area contributed by atoms with Gasteiger partial charge in [0.15, 0.2) is 0 Å². The minimum Gasteiger partial charge on any atom is -0.428 e. The van der Waals surface area contributed by atoms with E-state index in [9.17, 15) is 19.2 Å². The smallest absolute Gasteiger partial charge is 0.428 e. The fourth-order valence-corrected chi connectivity index (χ4v) is 20.2. The van der Waals surface area contributed by atoms with Gasteiger partial charge in [-0.05, 0) is 147 Å². The van der Waals surface area contributed by atoms with Crippen LogP contribution in [0, 0.1) is 13.8 Å². The van der Waals surface area contributed by atoms with Crippen molar-refractivity contribution in [2.24, 2.45) is 0 Å². The predicted octanol–water partition coefficient (Wildman–Crippen LogP) is 7.10. The highest BCUT2D eigenvalue weighted by atomic mass is 28.3. The Morgan fingerprint density at radius 3 is 1.12 bits per heavy atom. The van der Waals surface area contributed by atoms with E-state index >= 15 is 4.79 Å². The summed E-state index contributed by atoms with van der Waals surface area (Å²) in [5, 5.41) is 19.3. The van der Waals surface area contributed by atoms with Crippen LogP contribution in [0.25, 0.3) is 0 Å². The van der Waals surface area contributed by atoms with Crippen LogP contribution < -0.4 is 64.5 Å². The van der Waals surface area contributed by atoms with Crippen molar-refractivity contribution in [3.05, 3.63) is 186 Å². The maximum Gasteiger partial charge on any atom is 0.509 e. The van der Waals surface area contributed by atoms with E-state index in [-0.39, 0.29) is 61.1 Å². The highest BCUT2D eigenvalue weighted by Gasteiger charge is 2.56. The second kappa shape index (κ2) is 35.1. The number of H-pyrrole nitrogens is 2. The molecule has 23 heteroatoms. The van der Waals surface area contributed by atoms with Crippen molar-refractivity contribution < 1.29 is 32.6 Å². The minimum absolute atomic E-state index is 0.00771. The van der Waals surface area contributed by atoms with E-state index in [4.69, 9.17) is 27.8 Å². The Morgan fingerprint density at radius 1 is 0.481 bits per heavy atom. The number of hydrogen-bond donors (Lipinski definition) is 6. The van der Waals surface area contributed by atoms with E-state index in [1.54, 1.807) is 13.8 Å².